The largest absolute Gasteiger partial charge is 0.487 e. The number of rotatable bonds is 6. The zero-order valence-electron chi connectivity index (χ0n) is 16.9. The number of ether oxygens (including phenoxy) is 1. The van der Waals surface area contributed by atoms with E-state index < -0.39 is 17.0 Å². The van der Waals surface area contributed by atoms with Crippen LogP contribution < -0.4 is 4.74 Å². The molecule has 1 saturated heterocycles. The van der Waals surface area contributed by atoms with Gasteiger partial charge in [-0.25, -0.2) is 4.39 Å². The molecule has 1 fully saturated rings. The highest BCUT2D eigenvalue weighted by atomic mass is 35.5. The van der Waals surface area contributed by atoms with Crippen molar-refractivity contribution in [1.82, 2.24) is 4.90 Å². The maximum atomic E-state index is 14.1. The van der Waals surface area contributed by atoms with Crippen LogP contribution >= 0.6 is 46.6 Å². The van der Waals surface area contributed by atoms with Crippen molar-refractivity contribution < 1.29 is 18.7 Å². The SMILES string of the molecule is O=C1S/C(=C\c2ccc(OCc3ccccc3Cl)c(Cl)c2)C(=O)N1Cc1c(F)cccc1Cl. The number of amides is 2. The van der Waals surface area contributed by atoms with Gasteiger partial charge in [-0.3, -0.25) is 14.5 Å². The molecule has 1 aliphatic heterocycles. The molecule has 33 heavy (non-hydrogen) atoms. The Morgan fingerprint density at radius 3 is 2.42 bits per heavy atom. The quantitative estimate of drug-likeness (QED) is 0.313. The van der Waals surface area contributed by atoms with Gasteiger partial charge in [-0.15, -0.1) is 0 Å². The second-order valence-electron chi connectivity index (χ2n) is 7.04. The average Bonchev–Trinajstić information content (AvgIpc) is 3.04. The van der Waals surface area contributed by atoms with Crippen molar-refractivity contribution in [2.45, 2.75) is 13.2 Å². The summed E-state index contributed by atoms with van der Waals surface area (Å²) in [6.45, 7) is -0.000668. The minimum absolute atomic E-state index is 0.0887. The molecule has 0 N–H and O–H groups in total. The van der Waals surface area contributed by atoms with Gasteiger partial charge in [0.05, 0.1) is 16.5 Å². The van der Waals surface area contributed by atoms with Gasteiger partial charge < -0.3 is 4.74 Å². The summed E-state index contributed by atoms with van der Waals surface area (Å²) in [6, 6.07) is 16.5. The Morgan fingerprint density at radius 1 is 0.939 bits per heavy atom. The molecule has 4 rings (SSSR count). The maximum absolute atomic E-state index is 14.1. The van der Waals surface area contributed by atoms with Gasteiger partial charge in [-0.05, 0) is 53.7 Å². The third-order valence-corrected chi connectivity index (χ3v) is 6.77. The molecule has 0 aromatic heterocycles. The number of nitrogens with zero attached hydrogens (tertiary/aromatic N) is 1. The predicted octanol–water partition coefficient (Wildman–Crippen LogP) is 7.60. The molecule has 3 aromatic carbocycles. The van der Waals surface area contributed by atoms with E-state index in [0.29, 0.717) is 21.4 Å². The van der Waals surface area contributed by atoms with Crippen LogP contribution in [0, 0.1) is 5.82 Å². The van der Waals surface area contributed by atoms with Gasteiger partial charge in [0.15, 0.2) is 0 Å². The van der Waals surface area contributed by atoms with Crippen LogP contribution in [0.1, 0.15) is 16.7 Å². The molecule has 1 aliphatic rings. The lowest BCUT2D eigenvalue weighted by molar-refractivity contribution is -0.123. The van der Waals surface area contributed by atoms with Crippen LogP contribution in [0.2, 0.25) is 15.1 Å². The van der Waals surface area contributed by atoms with Gasteiger partial charge in [-0.1, -0.05) is 65.1 Å². The van der Waals surface area contributed by atoms with E-state index >= 15 is 0 Å². The highest BCUT2D eigenvalue weighted by Crippen LogP contribution is 2.36. The Kier molecular flexibility index (Phi) is 7.29. The molecule has 1 heterocycles. The molecule has 0 atom stereocenters. The minimum atomic E-state index is -0.579. The Balaban J connectivity index is 1.48. The molecular weight excluding hydrogens is 508 g/mol. The topological polar surface area (TPSA) is 46.6 Å². The van der Waals surface area contributed by atoms with Gasteiger partial charge >= 0.3 is 0 Å². The molecule has 2 amide bonds. The summed E-state index contributed by atoms with van der Waals surface area (Å²) in [5, 5.41) is 0.583. The van der Waals surface area contributed by atoms with Gasteiger partial charge in [0, 0.05) is 21.2 Å². The fourth-order valence-electron chi connectivity index (χ4n) is 3.12. The van der Waals surface area contributed by atoms with Gasteiger partial charge in [0.2, 0.25) is 0 Å². The number of hydrogen-bond acceptors (Lipinski definition) is 4. The van der Waals surface area contributed by atoms with Crippen LogP contribution in [-0.2, 0) is 17.9 Å². The molecule has 0 spiro atoms. The number of hydrogen-bond donors (Lipinski definition) is 0. The molecule has 3 aromatic rings. The van der Waals surface area contributed by atoms with Crippen molar-refractivity contribution in [2.24, 2.45) is 0 Å². The standard InChI is InChI=1S/C24H15Cl3FNO3S/c25-17-5-2-1-4-15(17)13-32-21-9-8-14(10-19(21)27)11-22-23(30)29(24(31)33-22)12-16-18(26)6-3-7-20(16)28/h1-11H,12-13H2/b22-11-. The number of halogens is 4. The zero-order chi connectivity index (χ0) is 23.5. The van der Waals surface area contributed by atoms with Crippen molar-refractivity contribution in [1.29, 1.82) is 0 Å². The summed E-state index contributed by atoms with van der Waals surface area (Å²) >= 11 is 19.3. The summed E-state index contributed by atoms with van der Waals surface area (Å²) in [5.41, 5.74) is 1.52. The van der Waals surface area contributed by atoms with Crippen molar-refractivity contribution in [3.63, 3.8) is 0 Å². The number of carbonyl (C=O) groups excluding carboxylic acids is 2. The van der Waals surface area contributed by atoms with Crippen molar-refractivity contribution in [3.8, 4) is 5.75 Å². The van der Waals surface area contributed by atoms with Crippen LogP contribution in [0.3, 0.4) is 0 Å². The first-order valence-corrected chi connectivity index (χ1v) is 11.6. The van der Waals surface area contributed by atoms with E-state index in [-0.39, 0.29) is 28.6 Å². The summed E-state index contributed by atoms with van der Waals surface area (Å²) in [5.74, 6) is -0.653. The highest BCUT2D eigenvalue weighted by Gasteiger charge is 2.35. The van der Waals surface area contributed by atoms with E-state index in [2.05, 4.69) is 0 Å². The Morgan fingerprint density at radius 2 is 1.70 bits per heavy atom. The van der Waals surface area contributed by atoms with Crippen molar-refractivity contribution >= 4 is 63.8 Å². The second-order valence-corrected chi connectivity index (χ2v) is 9.25. The van der Waals surface area contributed by atoms with Crippen molar-refractivity contribution in [2.75, 3.05) is 0 Å². The van der Waals surface area contributed by atoms with Crippen LogP contribution in [0.15, 0.2) is 65.6 Å². The molecule has 0 aliphatic carbocycles. The molecule has 0 saturated carbocycles. The highest BCUT2D eigenvalue weighted by molar-refractivity contribution is 8.18. The molecular formula is C24H15Cl3FNO3S. The average molecular weight is 523 g/mol. The molecule has 168 valence electrons. The fourth-order valence-corrected chi connectivity index (χ4v) is 4.62. The molecule has 0 radical (unpaired) electrons. The fraction of sp³-hybridized carbons (Fsp3) is 0.0833. The van der Waals surface area contributed by atoms with E-state index in [1.54, 1.807) is 30.3 Å². The van der Waals surface area contributed by atoms with Gasteiger partial charge in [-0.2, -0.15) is 0 Å². The lowest BCUT2D eigenvalue weighted by Gasteiger charge is -2.14. The molecule has 0 bridgehead atoms. The van der Waals surface area contributed by atoms with Gasteiger partial charge in [0.25, 0.3) is 11.1 Å². The summed E-state index contributed by atoms with van der Waals surface area (Å²) in [6.07, 6.45) is 1.55. The minimum Gasteiger partial charge on any atom is -0.487 e. The monoisotopic (exact) mass is 521 g/mol. The molecule has 4 nitrogen and oxygen atoms in total. The molecule has 0 unspecified atom stereocenters. The second kappa shape index (κ2) is 10.2. The maximum Gasteiger partial charge on any atom is 0.293 e. The van der Waals surface area contributed by atoms with Crippen LogP contribution in [0.5, 0.6) is 5.75 Å². The Hall–Kier alpha value is -2.51. The summed E-state index contributed by atoms with van der Waals surface area (Å²) < 4.78 is 19.8. The van der Waals surface area contributed by atoms with Gasteiger partial charge in [0.1, 0.15) is 18.2 Å². The third kappa shape index (κ3) is 5.36. The number of imide groups is 1. The van der Waals surface area contributed by atoms with E-state index in [0.717, 1.165) is 22.2 Å². The molecule has 9 heteroatoms. The smallest absolute Gasteiger partial charge is 0.293 e. The lowest BCUT2D eigenvalue weighted by Crippen LogP contribution is -2.28. The lowest BCUT2D eigenvalue weighted by atomic mass is 10.2. The predicted molar refractivity (Wildman–Crippen MR) is 130 cm³/mol. The summed E-state index contributed by atoms with van der Waals surface area (Å²) in [4.78, 5) is 26.3. The number of benzene rings is 3. The van der Waals surface area contributed by atoms with E-state index in [9.17, 15) is 14.0 Å². The number of carbonyl (C=O) groups is 2. The Bertz CT molecular complexity index is 1260. The zero-order valence-corrected chi connectivity index (χ0v) is 19.9. The van der Waals surface area contributed by atoms with Crippen LogP contribution in [0.25, 0.3) is 6.08 Å². The normalized spacial score (nSPS) is 14.9. The van der Waals surface area contributed by atoms with Crippen LogP contribution in [0.4, 0.5) is 9.18 Å². The first-order chi connectivity index (χ1) is 15.8. The first kappa shape index (κ1) is 23.6. The van der Waals surface area contributed by atoms with E-state index in [1.165, 1.54) is 18.2 Å². The number of thioether (sulfide) groups is 1. The summed E-state index contributed by atoms with van der Waals surface area (Å²) in [7, 11) is 0. The first-order valence-electron chi connectivity index (χ1n) is 9.67. The Labute approximate surface area is 208 Å². The van der Waals surface area contributed by atoms with Crippen LogP contribution in [-0.4, -0.2) is 16.0 Å². The van der Waals surface area contributed by atoms with E-state index in [1.807, 2.05) is 18.2 Å². The van der Waals surface area contributed by atoms with Crippen molar-refractivity contribution in [3.05, 3.63) is 103 Å². The third-order valence-electron chi connectivity index (χ3n) is 4.85. The van der Waals surface area contributed by atoms with E-state index in [4.69, 9.17) is 39.5 Å².